The predicted molar refractivity (Wildman–Crippen MR) is 126 cm³/mol. The summed E-state index contributed by atoms with van der Waals surface area (Å²) in [5.74, 6) is -0.539. The number of aromatic hydroxyl groups is 1. The Hall–Kier alpha value is -3.43. The van der Waals surface area contributed by atoms with Gasteiger partial charge in [0.05, 0.1) is 15.5 Å². The van der Waals surface area contributed by atoms with E-state index in [1.807, 2.05) is 0 Å². The first-order chi connectivity index (χ1) is 16.2. The molecule has 11 nitrogen and oxygen atoms in total. The molecule has 4 aromatic rings. The van der Waals surface area contributed by atoms with Crippen LogP contribution in [0.2, 0.25) is 0 Å². The molecule has 14 heteroatoms. The molecule has 0 spiro atoms. The third-order valence-corrected chi connectivity index (χ3v) is 7.96. The molecule has 0 aliphatic rings. The van der Waals surface area contributed by atoms with E-state index in [0.717, 1.165) is 18.4 Å². The van der Waals surface area contributed by atoms with Gasteiger partial charge in [-0.25, -0.2) is 8.42 Å². The zero-order valence-electron chi connectivity index (χ0n) is 17.7. The molecule has 0 atom stereocenters. The van der Waals surface area contributed by atoms with Crippen LogP contribution >= 0.6 is 0 Å². The summed E-state index contributed by atoms with van der Waals surface area (Å²) in [5.41, 5.74) is -0.222. The Bertz CT molecular complexity index is 1880. The van der Waals surface area contributed by atoms with Crippen LogP contribution in [0.25, 0.3) is 21.5 Å². The van der Waals surface area contributed by atoms with Crippen molar-refractivity contribution in [2.75, 3.05) is 6.26 Å². The molecule has 0 aromatic heterocycles. The minimum absolute atomic E-state index is 0.0615. The van der Waals surface area contributed by atoms with Crippen molar-refractivity contribution >= 4 is 63.0 Å². The molecule has 4 rings (SSSR count). The maximum Gasteiger partial charge on any atom is 0.295 e. The number of rotatable bonds is 5. The van der Waals surface area contributed by atoms with Gasteiger partial charge < -0.3 is 5.11 Å². The van der Waals surface area contributed by atoms with Crippen LogP contribution in [0.3, 0.4) is 0 Å². The quantitative estimate of drug-likeness (QED) is 0.250. The number of phenols is 1. The first kappa shape index (κ1) is 24.7. The van der Waals surface area contributed by atoms with Crippen molar-refractivity contribution in [1.82, 2.24) is 0 Å². The fourth-order valence-electron chi connectivity index (χ4n) is 3.59. The van der Waals surface area contributed by atoms with E-state index in [-0.39, 0.29) is 21.4 Å². The number of phenolic OH excluding ortho intramolecular Hbond substituents is 1. The first-order valence-electron chi connectivity index (χ1n) is 9.56. The fourth-order valence-corrected chi connectivity index (χ4v) is 5.85. The number of sulfone groups is 1. The maximum absolute atomic E-state index is 12.1. The van der Waals surface area contributed by atoms with Gasteiger partial charge in [-0.05, 0) is 35.7 Å². The summed E-state index contributed by atoms with van der Waals surface area (Å²) < 4.78 is 90.6. The average molecular weight is 537 g/mol. The standard InChI is InChI=1S/C21H16N2O9S3/c1-33(25,26)18-9-7-16(14-4-2-3-5-15(14)18)22-23-21-17(24)8-6-12-10-13(34(27,28)29)11-19(20(12)21)35(30,31)32/h2-11,24H,1H3,(H,27,28,29)(H,30,31,32)/b23-22+. The highest BCUT2D eigenvalue weighted by molar-refractivity contribution is 7.91. The third-order valence-electron chi connectivity index (χ3n) is 5.10. The highest BCUT2D eigenvalue weighted by Gasteiger charge is 2.24. The van der Waals surface area contributed by atoms with Crippen LogP contribution in [0.4, 0.5) is 11.4 Å². The van der Waals surface area contributed by atoms with Crippen molar-refractivity contribution in [2.45, 2.75) is 14.7 Å². The van der Waals surface area contributed by atoms with Gasteiger partial charge in [0.15, 0.2) is 9.84 Å². The molecule has 182 valence electrons. The number of hydrogen-bond donors (Lipinski definition) is 3. The van der Waals surface area contributed by atoms with Crippen molar-refractivity contribution < 1.29 is 39.5 Å². The lowest BCUT2D eigenvalue weighted by atomic mass is 10.1. The summed E-state index contributed by atoms with van der Waals surface area (Å²) >= 11 is 0. The van der Waals surface area contributed by atoms with Gasteiger partial charge in [0.25, 0.3) is 20.2 Å². The lowest BCUT2D eigenvalue weighted by molar-refractivity contribution is 0.477. The van der Waals surface area contributed by atoms with Gasteiger partial charge in [0.1, 0.15) is 16.3 Å². The molecule has 0 radical (unpaired) electrons. The summed E-state index contributed by atoms with van der Waals surface area (Å²) in [7, 11) is -13.4. The van der Waals surface area contributed by atoms with Crippen molar-refractivity contribution in [2.24, 2.45) is 10.2 Å². The summed E-state index contributed by atoms with van der Waals surface area (Å²) in [6, 6.07) is 12.9. The topological polar surface area (TPSA) is 188 Å². The van der Waals surface area contributed by atoms with E-state index in [1.165, 1.54) is 18.2 Å². The molecule has 0 heterocycles. The average Bonchev–Trinajstić information content (AvgIpc) is 2.75. The van der Waals surface area contributed by atoms with Gasteiger partial charge in [-0.2, -0.15) is 16.8 Å². The Balaban J connectivity index is 2.02. The van der Waals surface area contributed by atoms with Crippen LogP contribution in [0.15, 0.2) is 85.6 Å². The van der Waals surface area contributed by atoms with Crippen LogP contribution in [0, 0.1) is 0 Å². The molecule has 4 aromatic carbocycles. The molecular weight excluding hydrogens is 520 g/mol. The van der Waals surface area contributed by atoms with Crippen LogP contribution in [0.5, 0.6) is 5.75 Å². The van der Waals surface area contributed by atoms with Crippen LogP contribution < -0.4 is 0 Å². The van der Waals surface area contributed by atoms with E-state index in [2.05, 4.69) is 10.2 Å². The monoisotopic (exact) mass is 536 g/mol. The molecule has 0 amide bonds. The van der Waals surface area contributed by atoms with Crippen LogP contribution in [0.1, 0.15) is 0 Å². The Labute approximate surface area is 199 Å². The zero-order chi connectivity index (χ0) is 25.8. The zero-order valence-corrected chi connectivity index (χ0v) is 20.1. The predicted octanol–water partition coefficient (Wildman–Crippen LogP) is 4.01. The minimum atomic E-state index is -5.05. The Morgan fingerprint density at radius 3 is 1.97 bits per heavy atom. The second-order valence-electron chi connectivity index (χ2n) is 7.50. The van der Waals surface area contributed by atoms with E-state index in [0.29, 0.717) is 16.8 Å². The van der Waals surface area contributed by atoms with Gasteiger partial charge in [0.2, 0.25) is 0 Å². The van der Waals surface area contributed by atoms with Gasteiger partial charge in [-0.15, -0.1) is 10.2 Å². The molecule has 0 unspecified atom stereocenters. The Morgan fingerprint density at radius 2 is 1.37 bits per heavy atom. The smallest absolute Gasteiger partial charge is 0.295 e. The lowest BCUT2D eigenvalue weighted by Crippen LogP contribution is -2.04. The summed E-state index contributed by atoms with van der Waals surface area (Å²) in [6.07, 6.45) is 1.06. The largest absolute Gasteiger partial charge is 0.506 e. The second kappa shape index (κ2) is 8.35. The van der Waals surface area contributed by atoms with Gasteiger partial charge in [-0.3, -0.25) is 9.11 Å². The highest BCUT2D eigenvalue weighted by Crippen LogP contribution is 2.41. The van der Waals surface area contributed by atoms with E-state index in [4.69, 9.17) is 0 Å². The fraction of sp³-hybridized carbons (Fsp3) is 0.0476. The van der Waals surface area contributed by atoms with Crippen molar-refractivity contribution in [3.63, 3.8) is 0 Å². The lowest BCUT2D eigenvalue weighted by Gasteiger charge is -2.10. The first-order valence-corrected chi connectivity index (χ1v) is 14.3. The number of hydrogen-bond acceptors (Lipinski definition) is 9. The highest BCUT2D eigenvalue weighted by atomic mass is 32.2. The second-order valence-corrected chi connectivity index (χ2v) is 12.3. The minimum Gasteiger partial charge on any atom is -0.506 e. The third kappa shape index (κ3) is 4.74. The van der Waals surface area contributed by atoms with Crippen LogP contribution in [-0.4, -0.2) is 45.7 Å². The summed E-state index contributed by atoms with van der Waals surface area (Å²) in [6.45, 7) is 0. The van der Waals surface area contributed by atoms with Gasteiger partial charge in [0, 0.05) is 22.4 Å². The Kier molecular flexibility index (Phi) is 5.89. The van der Waals surface area contributed by atoms with Crippen molar-refractivity contribution in [3.8, 4) is 5.75 Å². The molecule has 0 aliphatic heterocycles. The molecule has 0 saturated carbocycles. The maximum atomic E-state index is 12.1. The number of fused-ring (bicyclic) bond motifs is 2. The van der Waals surface area contributed by atoms with E-state index in [1.54, 1.807) is 24.3 Å². The number of nitrogens with zero attached hydrogens (tertiary/aromatic N) is 2. The van der Waals surface area contributed by atoms with E-state index >= 15 is 0 Å². The van der Waals surface area contributed by atoms with Crippen LogP contribution in [-0.2, 0) is 30.1 Å². The molecule has 35 heavy (non-hydrogen) atoms. The molecule has 0 fully saturated rings. The Morgan fingerprint density at radius 1 is 0.714 bits per heavy atom. The van der Waals surface area contributed by atoms with E-state index < -0.39 is 51.3 Å². The molecule has 0 bridgehead atoms. The summed E-state index contributed by atoms with van der Waals surface area (Å²) in [4.78, 5) is -1.66. The molecular formula is C21H16N2O9S3. The van der Waals surface area contributed by atoms with E-state index in [9.17, 15) is 39.5 Å². The van der Waals surface area contributed by atoms with Gasteiger partial charge in [-0.1, -0.05) is 30.3 Å². The molecule has 3 N–H and O–H groups in total. The molecule has 0 aliphatic carbocycles. The molecule has 0 saturated heterocycles. The van der Waals surface area contributed by atoms with Crippen molar-refractivity contribution in [3.05, 3.63) is 60.7 Å². The number of azo groups is 1. The normalized spacial score (nSPS) is 13.1. The van der Waals surface area contributed by atoms with Gasteiger partial charge >= 0.3 is 0 Å². The van der Waals surface area contributed by atoms with Crippen molar-refractivity contribution in [1.29, 1.82) is 0 Å². The summed E-state index contributed by atoms with van der Waals surface area (Å²) in [5, 5.41) is 18.7. The SMILES string of the molecule is CS(=O)(=O)c1ccc(/N=N/c2c(O)ccc3cc(S(=O)(=O)O)cc(S(=O)(=O)O)c23)c2ccccc12. The number of benzene rings is 4.